The first-order chi connectivity index (χ1) is 9.06. The number of carbonyl (C=O) groups excluding carboxylic acids is 1. The van der Waals surface area contributed by atoms with Gasteiger partial charge in [0, 0.05) is 33.0 Å². The summed E-state index contributed by atoms with van der Waals surface area (Å²) in [6, 6.07) is 3.49. The third kappa shape index (κ3) is 3.27. The standard InChI is InChI=1S/C12H16N6O/c1-9-14-11(16-18(9)3)15-12(19)17(2)8-10-4-6-13-7-5-10/h4-7H,8H2,1-3H3,(H,15,16,19). The molecule has 19 heavy (non-hydrogen) atoms. The van der Waals surface area contributed by atoms with E-state index in [2.05, 4.69) is 20.4 Å². The number of pyridine rings is 1. The lowest BCUT2D eigenvalue weighted by Gasteiger charge is -2.16. The molecule has 2 heterocycles. The van der Waals surface area contributed by atoms with E-state index in [4.69, 9.17) is 0 Å². The maximum Gasteiger partial charge on any atom is 0.324 e. The van der Waals surface area contributed by atoms with E-state index in [1.165, 1.54) is 0 Å². The van der Waals surface area contributed by atoms with Gasteiger partial charge >= 0.3 is 6.03 Å². The van der Waals surface area contributed by atoms with E-state index in [1.807, 2.05) is 19.1 Å². The van der Waals surface area contributed by atoms with E-state index in [9.17, 15) is 4.79 Å². The Bertz CT molecular complexity index is 545. The van der Waals surface area contributed by atoms with Gasteiger partial charge in [-0.05, 0) is 24.6 Å². The summed E-state index contributed by atoms with van der Waals surface area (Å²) in [6.07, 6.45) is 3.40. The molecule has 0 saturated carbocycles. The van der Waals surface area contributed by atoms with Crippen molar-refractivity contribution in [1.82, 2.24) is 24.6 Å². The molecule has 7 heteroatoms. The average Bonchev–Trinajstić information content (AvgIpc) is 2.69. The van der Waals surface area contributed by atoms with Crippen molar-refractivity contribution in [2.75, 3.05) is 12.4 Å². The average molecular weight is 260 g/mol. The van der Waals surface area contributed by atoms with E-state index in [-0.39, 0.29) is 6.03 Å². The minimum absolute atomic E-state index is 0.248. The van der Waals surface area contributed by atoms with Gasteiger partial charge in [0.1, 0.15) is 5.82 Å². The topological polar surface area (TPSA) is 75.9 Å². The zero-order chi connectivity index (χ0) is 13.8. The molecule has 2 aromatic rings. The first-order valence-electron chi connectivity index (χ1n) is 5.85. The van der Waals surface area contributed by atoms with Crippen LogP contribution in [0.25, 0.3) is 0 Å². The van der Waals surface area contributed by atoms with Gasteiger partial charge in [-0.1, -0.05) is 0 Å². The summed E-state index contributed by atoms with van der Waals surface area (Å²) in [5, 5.41) is 6.73. The van der Waals surface area contributed by atoms with Crippen molar-refractivity contribution in [2.24, 2.45) is 7.05 Å². The Hall–Kier alpha value is -2.44. The Morgan fingerprint density at radius 2 is 2.11 bits per heavy atom. The second-order valence-corrected chi connectivity index (χ2v) is 4.25. The number of amides is 2. The molecule has 0 atom stereocenters. The van der Waals surface area contributed by atoms with Crippen molar-refractivity contribution in [2.45, 2.75) is 13.5 Å². The number of aromatic nitrogens is 4. The molecular formula is C12H16N6O. The molecule has 0 aromatic carbocycles. The molecule has 0 aliphatic rings. The van der Waals surface area contributed by atoms with Crippen molar-refractivity contribution in [1.29, 1.82) is 0 Å². The Morgan fingerprint density at radius 3 is 2.68 bits per heavy atom. The lowest BCUT2D eigenvalue weighted by atomic mass is 10.2. The largest absolute Gasteiger partial charge is 0.324 e. The van der Waals surface area contributed by atoms with Gasteiger partial charge in [0.05, 0.1) is 0 Å². The van der Waals surface area contributed by atoms with Crippen LogP contribution in [0.1, 0.15) is 11.4 Å². The number of nitrogens with one attached hydrogen (secondary N) is 1. The molecule has 2 aromatic heterocycles. The SMILES string of the molecule is Cc1nc(NC(=O)N(C)Cc2ccncc2)nn1C. The Morgan fingerprint density at radius 1 is 1.42 bits per heavy atom. The Balaban J connectivity index is 1.96. The summed E-state index contributed by atoms with van der Waals surface area (Å²) in [7, 11) is 3.49. The number of anilines is 1. The van der Waals surface area contributed by atoms with E-state index >= 15 is 0 Å². The van der Waals surface area contributed by atoms with Crippen LogP contribution in [0.2, 0.25) is 0 Å². The van der Waals surface area contributed by atoms with E-state index < -0.39 is 0 Å². The van der Waals surface area contributed by atoms with Gasteiger partial charge in [-0.2, -0.15) is 4.98 Å². The molecule has 2 amide bonds. The molecule has 0 saturated heterocycles. The van der Waals surface area contributed by atoms with Crippen LogP contribution < -0.4 is 5.32 Å². The minimum atomic E-state index is -0.248. The number of hydrogen-bond donors (Lipinski definition) is 1. The van der Waals surface area contributed by atoms with Crippen molar-refractivity contribution in [3.05, 3.63) is 35.9 Å². The Labute approximate surface area is 111 Å². The molecule has 0 unspecified atom stereocenters. The van der Waals surface area contributed by atoms with Crippen LogP contribution in [0.5, 0.6) is 0 Å². The van der Waals surface area contributed by atoms with Gasteiger partial charge in [-0.3, -0.25) is 15.0 Å². The number of aryl methyl sites for hydroxylation is 2. The molecule has 1 N–H and O–H groups in total. The molecule has 0 radical (unpaired) electrons. The minimum Gasteiger partial charge on any atom is -0.323 e. The van der Waals surface area contributed by atoms with E-state index in [0.717, 1.165) is 11.4 Å². The number of carbonyl (C=O) groups is 1. The third-order valence-corrected chi connectivity index (χ3v) is 2.72. The lowest BCUT2D eigenvalue weighted by Crippen LogP contribution is -2.31. The van der Waals surface area contributed by atoms with Gasteiger partial charge < -0.3 is 4.90 Å². The highest BCUT2D eigenvalue weighted by Gasteiger charge is 2.12. The normalized spacial score (nSPS) is 10.3. The van der Waals surface area contributed by atoms with Crippen molar-refractivity contribution in [3.8, 4) is 0 Å². The smallest absolute Gasteiger partial charge is 0.323 e. The molecular weight excluding hydrogens is 244 g/mol. The highest BCUT2D eigenvalue weighted by Crippen LogP contribution is 2.05. The molecule has 100 valence electrons. The van der Waals surface area contributed by atoms with Gasteiger partial charge in [0.25, 0.3) is 0 Å². The van der Waals surface area contributed by atoms with Crippen LogP contribution in [0, 0.1) is 6.92 Å². The molecule has 2 rings (SSSR count). The van der Waals surface area contributed by atoms with E-state index in [1.54, 1.807) is 36.1 Å². The fraction of sp³-hybridized carbons (Fsp3) is 0.333. The maximum absolute atomic E-state index is 11.9. The van der Waals surface area contributed by atoms with Crippen LogP contribution in [0.15, 0.2) is 24.5 Å². The lowest BCUT2D eigenvalue weighted by molar-refractivity contribution is 0.220. The van der Waals surface area contributed by atoms with Gasteiger partial charge in [0.2, 0.25) is 5.95 Å². The third-order valence-electron chi connectivity index (χ3n) is 2.72. The zero-order valence-electron chi connectivity index (χ0n) is 11.2. The number of rotatable bonds is 3. The first-order valence-corrected chi connectivity index (χ1v) is 5.85. The summed E-state index contributed by atoms with van der Waals surface area (Å²) in [4.78, 5) is 21.6. The zero-order valence-corrected chi connectivity index (χ0v) is 11.2. The number of urea groups is 1. The number of hydrogen-bond acceptors (Lipinski definition) is 4. The van der Waals surface area contributed by atoms with Crippen molar-refractivity contribution < 1.29 is 4.79 Å². The summed E-state index contributed by atoms with van der Waals surface area (Å²) in [6.45, 7) is 2.32. The van der Waals surface area contributed by atoms with E-state index in [0.29, 0.717) is 12.5 Å². The van der Waals surface area contributed by atoms with Crippen LogP contribution >= 0.6 is 0 Å². The molecule has 0 bridgehead atoms. The van der Waals surface area contributed by atoms with Gasteiger partial charge in [-0.15, -0.1) is 5.10 Å². The van der Waals surface area contributed by atoms with Crippen LogP contribution in [-0.4, -0.2) is 37.7 Å². The summed E-state index contributed by atoms with van der Waals surface area (Å²) < 4.78 is 1.61. The second-order valence-electron chi connectivity index (χ2n) is 4.25. The Kier molecular flexibility index (Phi) is 3.74. The number of nitrogens with zero attached hydrogens (tertiary/aromatic N) is 5. The molecule has 0 aliphatic carbocycles. The van der Waals surface area contributed by atoms with Crippen molar-refractivity contribution in [3.63, 3.8) is 0 Å². The second kappa shape index (κ2) is 5.47. The summed E-state index contributed by atoms with van der Waals surface area (Å²) in [5.74, 6) is 1.05. The highest BCUT2D eigenvalue weighted by atomic mass is 16.2. The van der Waals surface area contributed by atoms with Crippen LogP contribution in [-0.2, 0) is 13.6 Å². The monoisotopic (exact) mass is 260 g/mol. The molecule has 0 aliphatic heterocycles. The highest BCUT2D eigenvalue weighted by molar-refractivity contribution is 5.87. The summed E-state index contributed by atoms with van der Waals surface area (Å²) in [5.41, 5.74) is 1.01. The van der Waals surface area contributed by atoms with Crippen molar-refractivity contribution >= 4 is 12.0 Å². The molecule has 7 nitrogen and oxygen atoms in total. The molecule has 0 fully saturated rings. The van der Waals surface area contributed by atoms with Crippen LogP contribution in [0.3, 0.4) is 0 Å². The quantitative estimate of drug-likeness (QED) is 0.899. The molecule has 0 spiro atoms. The summed E-state index contributed by atoms with van der Waals surface area (Å²) >= 11 is 0. The van der Waals surface area contributed by atoms with Gasteiger partial charge in [-0.25, -0.2) is 4.79 Å². The predicted molar refractivity (Wildman–Crippen MR) is 70.5 cm³/mol. The fourth-order valence-electron chi connectivity index (χ4n) is 1.54. The maximum atomic E-state index is 11.9. The predicted octanol–water partition coefficient (Wildman–Crippen LogP) is 1.18. The van der Waals surface area contributed by atoms with Crippen LogP contribution in [0.4, 0.5) is 10.7 Å². The first kappa shape index (κ1) is 13.0. The fourth-order valence-corrected chi connectivity index (χ4v) is 1.54. The van der Waals surface area contributed by atoms with Gasteiger partial charge in [0.15, 0.2) is 0 Å².